The first kappa shape index (κ1) is 14.4. The van der Waals surface area contributed by atoms with E-state index in [-0.39, 0.29) is 5.91 Å². The van der Waals surface area contributed by atoms with Crippen molar-refractivity contribution in [2.24, 2.45) is 0 Å². The van der Waals surface area contributed by atoms with E-state index < -0.39 is 5.60 Å². The van der Waals surface area contributed by atoms with Gasteiger partial charge in [-0.05, 0) is 43.9 Å². The number of hydrogen-bond acceptors (Lipinski definition) is 3. The van der Waals surface area contributed by atoms with Crippen LogP contribution in [0.1, 0.15) is 55.3 Å². The van der Waals surface area contributed by atoms with Gasteiger partial charge in [-0.2, -0.15) is 0 Å². The van der Waals surface area contributed by atoms with Crippen molar-refractivity contribution >= 4 is 5.91 Å². The fourth-order valence-corrected chi connectivity index (χ4v) is 2.80. The predicted octanol–water partition coefficient (Wildman–Crippen LogP) is 2.65. The van der Waals surface area contributed by atoms with E-state index in [1.165, 1.54) is 6.42 Å². The second-order valence-electron chi connectivity index (χ2n) is 6.35. The van der Waals surface area contributed by atoms with Crippen LogP contribution in [0.25, 0.3) is 0 Å². The van der Waals surface area contributed by atoms with E-state index in [0.717, 1.165) is 38.5 Å². The minimum Gasteiger partial charge on any atom is -0.491 e. The molecule has 2 N–H and O–H groups in total. The van der Waals surface area contributed by atoms with Gasteiger partial charge in [-0.3, -0.25) is 4.79 Å². The summed E-state index contributed by atoms with van der Waals surface area (Å²) in [7, 11) is 0. The zero-order chi connectivity index (χ0) is 14.7. The molecule has 3 rings (SSSR count). The summed E-state index contributed by atoms with van der Waals surface area (Å²) in [5.74, 6) is 0.608. The van der Waals surface area contributed by atoms with Crippen LogP contribution in [0.3, 0.4) is 0 Å². The topological polar surface area (TPSA) is 58.6 Å². The normalized spacial score (nSPS) is 20.8. The van der Waals surface area contributed by atoms with Crippen LogP contribution in [0, 0.1) is 0 Å². The molecule has 0 atom stereocenters. The van der Waals surface area contributed by atoms with Gasteiger partial charge in [-0.25, -0.2) is 0 Å². The Balaban J connectivity index is 1.58. The van der Waals surface area contributed by atoms with Gasteiger partial charge in [0.25, 0.3) is 5.91 Å². The number of hydrogen-bond donors (Lipinski definition) is 2. The molecule has 0 heterocycles. The molecule has 0 bridgehead atoms. The zero-order valence-electron chi connectivity index (χ0n) is 12.3. The van der Waals surface area contributed by atoms with Crippen molar-refractivity contribution in [1.82, 2.24) is 5.32 Å². The molecule has 114 valence electrons. The lowest BCUT2D eigenvalue weighted by atomic mass is 9.85. The molecule has 0 aromatic heterocycles. The van der Waals surface area contributed by atoms with Gasteiger partial charge in [-0.1, -0.05) is 25.3 Å². The molecule has 0 spiro atoms. The molecular weight excluding hydrogens is 266 g/mol. The van der Waals surface area contributed by atoms with Crippen LogP contribution in [0.15, 0.2) is 24.3 Å². The molecule has 2 aliphatic rings. The maximum Gasteiger partial charge on any atom is 0.251 e. The first-order valence-corrected chi connectivity index (χ1v) is 7.91. The Morgan fingerprint density at radius 1 is 1.29 bits per heavy atom. The third-order valence-electron chi connectivity index (χ3n) is 4.30. The standard InChI is InChI=1S/C17H23NO3/c19-16(18-14-7-8-14)13-5-4-6-15(11-13)21-12-17(20)9-2-1-3-10-17/h4-6,11,14,20H,1-3,7-10,12H2,(H,18,19). The lowest BCUT2D eigenvalue weighted by Crippen LogP contribution is -2.37. The van der Waals surface area contributed by atoms with Crippen LogP contribution >= 0.6 is 0 Å². The Kier molecular flexibility index (Phi) is 4.15. The van der Waals surface area contributed by atoms with Crippen molar-refractivity contribution in [2.45, 2.75) is 56.6 Å². The number of nitrogens with one attached hydrogen (secondary N) is 1. The van der Waals surface area contributed by atoms with Crippen molar-refractivity contribution < 1.29 is 14.6 Å². The third-order valence-corrected chi connectivity index (χ3v) is 4.30. The van der Waals surface area contributed by atoms with Gasteiger partial charge < -0.3 is 15.2 Å². The van der Waals surface area contributed by atoms with E-state index in [2.05, 4.69) is 5.32 Å². The van der Waals surface area contributed by atoms with Crippen molar-refractivity contribution in [1.29, 1.82) is 0 Å². The number of carbonyl (C=O) groups is 1. The number of ether oxygens (including phenoxy) is 1. The lowest BCUT2D eigenvalue weighted by Gasteiger charge is -2.31. The minimum atomic E-state index is -0.704. The van der Waals surface area contributed by atoms with E-state index in [9.17, 15) is 9.90 Å². The molecule has 1 amide bonds. The maximum atomic E-state index is 12.0. The molecule has 21 heavy (non-hydrogen) atoms. The van der Waals surface area contributed by atoms with Gasteiger partial charge in [0.2, 0.25) is 0 Å². The Labute approximate surface area is 125 Å². The minimum absolute atomic E-state index is 0.0423. The molecule has 0 saturated heterocycles. The van der Waals surface area contributed by atoms with Crippen LogP contribution in [-0.2, 0) is 0 Å². The number of aliphatic hydroxyl groups is 1. The molecule has 0 unspecified atom stereocenters. The fraction of sp³-hybridized carbons (Fsp3) is 0.588. The van der Waals surface area contributed by atoms with E-state index >= 15 is 0 Å². The Bertz CT molecular complexity index is 505. The fourth-order valence-electron chi connectivity index (χ4n) is 2.80. The molecular formula is C17H23NO3. The average Bonchev–Trinajstić information content (AvgIpc) is 3.30. The van der Waals surface area contributed by atoms with E-state index in [1.54, 1.807) is 12.1 Å². The summed E-state index contributed by atoms with van der Waals surface area (Å²) in [4.78, 5) is 12.0. The molecule has 2 saturated carbocycles. The van der Waals surface area contributed by atoms with E-state index in [0.29, 0.717) is 24.0 Å². The van der Waals surface area contributed by atoms with Crippen LogP contribution in [0.5, 0.6) is 5.75 Å². The molecule has 0 aliphatic heterocycles. The highest BCUT2D eigenvalue weighted by Crippen LogP contribution is 2.29. The van der Waals surface area contributed by atoms with E-state index in [4.69, 9.17) is 4.74 Å². The van der Waals surface area contributed by atoms with Gasteiger partial charge in [0.15, 0.2) is 0 Å². The third kappa shape index (κ3) is 3.97. The molecule has 1 aromatic rings. The van der Waals surface area contributed by atoms with Crippen LogP contribution in [0.4, 0.5) is 0 Å². The predicted molar refractivity (Wildman–Crippen MR) is 80.5 cm³/mol. The van der Waals surface area contributed by atoms with Gasteiger partial charge in [0, 0.05) is 11.6 Å². The van der Waals surface area contributed by atoms with Crippen molar-refractivity contribution in [3.05, 3.63) is 29.8 Å². The monoisotopic (exact) mass is 289 g/mol. The van der Waals surface area contributed by atoms with Gasteiger partial charge >= 0.3 is 0 Å². The number of benzene rings is 1. The van der Waals surface area contributed by atoms with Crippen molar-refractivity contribution in [3.8, 4) is 5.75 Å². The Morgan fingerprint density at radius 2 is 2.05 bits per heavy atom. The molecule has 4 nitrogen and oxygen atoms in total. The zero-order valence-corrected chi connectivity index (χ0v) is 12.3. The quantitative estimate of drug-likeness (QED) is 0.876. The maximum absolute atomic E-state index is 12.0. The SMILES string of the molecule is O=C(NC1CC1)c1cccc(OCC2(O)CCCCC2)c1. The van der Waals surface area contributed by atoms with Crippen molar-refractivity contribution in [2.75, 3.05) is 6.61 Å². The second kappa shape index (κ2) is 6.06. The summed E-state index contributed by atoms with van der Waals surface area (Å²) in [6.07, 6.45) is 7.07. The summed E-state index contributed by atoms with van der Waals surface area (Å²) >= 11 is 0. The summed E-state index contributed by atoms with van der Waals surface area (Å²) in [5.41, 5.74) is -0.0834. The van der Waals surface area contributed by atoms with Crippen molar-refractivity contribution in [3.63, 3.8) is 0 Å². The largest absolute Gasteiger partial charge is 0.491 e. The first-order valence-electron chi connectivity index (χ1n) is 7.91. The Morgan fingerprint density at radius 3 is 2.76 bits per heavy atom. The lowest BCUT2D eigenvalue weighted by molar-refractivity contribution is -0.0339. The van der Waals surface area contributed by atoms with Crippen LogP contribution in [0.2, 0.25) is 0 Å². The highest BCUT2D eigenvalue weighted by atomic mass is 16.5. The number of rotatable bonds is 5. The molecule has 2 fully saturated rings. The van der Waals surface area contributed by atoms with Gasteiger partial charge in [0.05, 0.1) is 5.60 Å². The summed E-state index contributed by atoms with van der Waals surface area (Å²) < 4.78 is 5.73. The van der Waals surface area contributed by atoms with E-state index in [1.807, 2.05) is 12.1 Å². The number of amides is 1. The molecule has 4 heteroatoms. The van der Waals surface area contributed by atoms with Gasteiger partial charge in [-0.15, -0.1) is 0 Å². The second-order valence-corrected chi connectivity index (χ2v) is 6.35. The molecule has 1 aromatic carbocycles. The highest BCUT2D eigenvalue weighted by molar-refractivity contribution is 5.94. The number of carbonyl (C=O) groups excluding carboxylic acids is 1. The summed E-state index contributed by atoms with van der Waals surface area (Å²) in [6.45, 7) is 0.306. The molecule has 2 aliphatic carbocycles. The van der Waals surface area contributed by atoms with Crippen LogP contribution in [-0.4, -0.2) is 29.3 Å². The van der Waals surface area contributed by atoms with Gasteiger partial charge in [0.1, 0.15) is 12.4 Å². The average molecular weight is 289 g/mol. The molecule has 0 radical (unpaired) electrons. The van der Waals surface area contributed by atoms with Crippen LogP contribution < -0.4 is 10.1 Å². The smallest absolute Gasteiger partial charge is 0.251 e. The highest BCUT2D eigenvalue weighted by Gasteiger charge is 2.30. The summed E-state index contributed by atoms with van der Waals surface area (Å²) in [5, 5.41) is 13.4. The Hall–Kier alpha value is -1.55. The first-order chi connectivity index (χ1) is 10.1. The summed E-state index contributed by atoms with van der Waals surface area (Å²) in [6, 6.07) is 7.55.